The number of hydrogen-bond acceptors (Lipinski definition) is 5. The van der Waals surface area contributed by atoms with Gasteiger partial charge in [0.05, 0.1) is 16.6 Å². The largest absolute Gasteiger partial charge is 0.316 e. The minimum Gasteiger partial charge on any atom is -0.316 e. The summed E-state index contributed by atoms with van der Waals surface area (Å²) in [5, 5.41) is 3.44. The van der Waals surface area contributed by atoms with Crippen molar-refractivity contribution in [3.8, 4) is 34.4 Å². The Hall–Kier alpha value is -5.69. The molecule has 0 amide bonds. The van der Waals surface area contributed by atoms with Crippen molar-refractivity contribution >= 4 is 32.7 Å². The number of para-hydroxylation sites is 2. The van der Waals surface area contributed by atoms with Crippen molar-refractivity contribution in [3.05, 3.63) is 128 Å². The van der Waals surface area contributed by atoms with Gasteiger partial charge in [0.25, 0.3) is 0 Å². The summed E-state index contributed by atoms with van der Waals surface area (Å²) in [6, 6.07) is 33.1. The highest BCUT2D eigenvalue weighted by molar-refractivity contribution is 6.13. The van der Waals surface area contributed by atoms with E-state index in [2.05, 4.69) is 86.0 Å². The van der Waals surface area contributed by atoms with Gasteiger partial charge in [-0.3, -0.25) is 14.5 Å². The van der Waals surface area contributed by atoms with Crippen LogP contribution >= 0.6 is 0 Å². The maximum absolute atomic E-state index is 4.99. The first kappa shape index (κ1) is 22.3. The third-order valence-electron chi connectivity index (χ3n) is 7.18. The van der Waals surface area contributed by atoms with Crippen LogP contribution in [0.5, 0.6) is 0 Å². The number of pyridine rings is 2. The highest BCUT2D eigenvalue weighted by Gasteiger charge is 2.19. The molecule has 7 nitrogen and oxygen atoms in total. The van der Waals surface area contributed by atoms with E-state index in [0.29, 0.717) is 17.6 Å². The molecule has 0 saturated heterocycles. The van der Waals surface area contributed by atoms with Crippen LogP contribution in [-0.4, -0.2) is 34.1 Å². The zero-order valence-electron chi connectivity index (χ0n) is 21.3. The van der Waals surface area contributed by atoms with Crippen molar-refractivity contribution in [3.63, 3.8) is 0 Å². The molecule has 0 unspecified atom stereocenters. The molecule has 40 heavy (non-hydrogen) atoms. The van der Waals surface area contributed by atoms with Gasteiger partial charge in [0, 0.05) is 64.0 Å². The molecule has 7 heteroatoms. The lowest BCUT2D eigenvalue weighted by molar-refractivity contribution is 0.951. The molecule has 0 aliphatic rings. The molecule has 0 radical (unpaired) electrons. The van der Waals surface area contributed by atoms with Crippen LogP contribution in [0.1, 0.15) is 0 Å². The molecular weight excluding hydrogens is 494 g/mol. The molecule has 3 aromatic carbocycles. The van der Waals surface area contributed by atoms with Crippen molar-refractivity contribution < 1.29 is 0 Å². The Balaban J connectivity index is 1.45. The van der Waals surface area contributed by atoms with Crippen LogP contribution in [0, 0.1) is 0 Å². The highest BCUT2D eigenvalue weighted by Crippen LogP contribution is 2.35. The number of fused-ring (bicyclic) bond motifs is 4. The van der Waals surface area contributed by atoms with Crippen LogP contribution in [0.4, 0.5) is 0 Å². The predicted octanol–water partition coefficient (Wildman–Crippen LogP) is 7.04. The zero-order valence-corrected chi connectivity index (χ0v) is 21.3. The van der Waals surface area contributed by atoms with Crippen molar-refractivity contribution in [1.29, 1.82) is 0 Å². The first-order valence-corrected chi connectivity index (χ1v) is 13.0. The van der Waals surface area contributed by atoms with Crippen LogP contribution < -0.4 is 0 Å². The van der Waals surface area contributed by atoms with E-state index < -0.39 is 0 Å². The molecule has 5 aromatic heterocycles. The molecule has 0 saturated carbocycles. The summed E-state index contributed by atoms with van der Waals surface area (Å²) in [5.41, 5.74) is 5.89. The summed E-state index contributed by atoms with van der Waals surface area (Å²) in [6.07, 6.45) is 9.15. The van der Waals surface area contributed by atoms with Gasteiger partial charge in [-0.25, -0.2) is 4.98 Å². The second-order valence-corrected chi connectivity index (χ2v) is 9.57. The summed E-state index contributed by atoms with van der Waals surface area (Å²) in [4.78, 5) is 23.4. The zero-order chi connectivity index (χ0) is 26.5. The molecule has 0 N–H and O–H groups in total. The predicted molar refractivity (Wildman–Crippen MR) is 157 cm³/mol. The normalized spacial score (nSPS) is 11.5. The van der Waals surface area contributed by atoms with Crippen molar-refractivity contribution in [1.82, 2.24) is 34.1 Å². The topological polar surface area (TPSA) is 74.3 Å². The second kappa shape index (κ2) is 8.96. The number of hydrogen-bond donors (Lipinski definition) is 0. The van der Waals surface area contributed by atoms with Gasteiger partial charge in [0.1, 0.15) is 0 Å². The molecule has 0 aliphatic heterocycles. The summed E-state index contributed by atoms with van der Waals surface area (Å²) in [5.74, 6) is 1.64. The van der Waals surface area contributed by atoms with E-state index >= 15 is 0 Å². The fourth-order valence-electron chi connectivity index (χ4n) is 5.34. The van der Waals surface area contributed by atoms with Crippen molar-refractivity contribution in [2.75, 3.05) is 0 Å². The van der Waals surface area contributed by atoms with Gasteiger partial charge >= 0.3 is 0 Å². The summed E-state index contributed by atoms with van der Waals surface area (Å²) < 4.78 is 4.35. The lowest BCUT2D eigenvalue weighted by Crippen LogP contribution is -2.06. The molecule has 0 fully saturated rings. The van der Waals surface area contributed by atoms with E-state index in [1.165, 1.54) is 5.39 Å². The van der Waals surface area contributed by atoms with Crippen LogP contribution in [0.2, 0.25) is 0 Å². The van der Waals surface area contributed by atoms with Gasteiger partial charge in [0.15, 0.2) is 11.6 Å². The standard InChI is InChI=1S/C33H21N7/c1-2-10-25(11-3-1)39-17-14-22-18-27-26-12-4-5-13-28(26)40(30(27)19-29(22)39)33-37-31(23-8-6-15-34-20-23)36-32(38-33)24-9-7-16-35-21-24/h1-21H. The molecule has 0 bridgehead atoms. The summed E-state index contributed by atoms with van der Waals surface area (Å²) >= 11 is 0. The summed E-state index contributed by atoms with van der Waals surface area (Å²) in [7, 11) is 0. The number of rotatable bonds is 4. The lowest BCUT2D eigenvalue weighted by atomic mass is 10.1. The van der Waals surface area contributed by atoms with E-state index in [4.69, 9.17) is 15.0 Å². The highest BCUT2D eigenvalue weighted by atomic mass is 15.2. The average Bonchev–Trinajstić information content (AvgIpc) is 3.59. The van der Waals surface area contributed by atoms with Crippen LogP contribution in [-0.2, 0) is 0 Å². The molecule has 5 heterocycles. The Kier molecular flexibility index (Phi) is 4.99. The van der Waals surface area contributed by atoms with Gasteiger partial charge in [-0.2, -0.15) is 9.97 Å². The Morgan fingerprint density at radius 2 is 1.23 bits per heavy atom. The smallest absolute Gasteiger partial charge is 0.238 e. The van der Waals surface area contributed by atoms with Gasteiger partial charge in [-0.15, -0.1) is 0 Å². The maximum Gasteiger partial charge on any atom is 0.238 e. The van der Waals surface area contributed by atoms with Crippen LogP contribution in [0.3, 0.4) is 0 Å². The van der Waals surface area contributed by atoms with Gasteiger partial charge in [-0.1, -0.05) is 36.4 Å². The monoisotopic (exact) mass is 515 g/mol. The molecule has 0 atom stereocenters. The van der Waals surface area contributed by atoms with Crippen molar-refractivity contribution in [2.45, 2.75) is 0 Å². The fourth-order valence-corrected chi connectivity index (χ4v) is 5.34. The first-order valence-electron chi connectivity index (χ1n) is 13.0. The van der Waals surface area contributed by atoms with E-state index in [-0.39, 0.29) is 0 Å². The van der Waals surface area contributed by atoms with E-state index in [9.17, 15) is 0 Å². The number of nitrogens with zero attached hydrogens (tertiary/aromatic N) is 7. The van der Waals surface area contributed by atoms with Crippen LogP contribution in [0.15, 0.2) is 128 Å². The van der Waals surface area contributed by atoms with Gasteiger partial charge < -0.3 is 4.57 Å². The van der Waals surface area contributed by atoms with E-state index in [1.807, 2.05) is 36.4 Å². The van der Waals surface area contributed by atoms with Crippen molar-refractivity contribution in [2.24, 2.45) is 0 Å². The Bertz CT molecular complexity index is 2090. The lowest BCUT2D eigenvalue weighted by Gasteiger charge is -2.11. The first-order chi connectivity index (χ1) is 19.8. The Morgan fingerprint density at radius 3 is 1.93 bits per heavy atom. The summed E-state index contributed by atoms with van der Waals surface area (Å²) in [6.45, 7) is 0. The maximum atomic E-state index is 4.99. The molecule has 8 aromatic rings. The van der Waals surface area contributed by atoms with Gasteiger partial charge in [0.2, 0.25) is 5.95 Å². The van der Waals surface area contributed by atoms with Gasteiger partial charge in [-0.05, 0) is 60.7 Å². The molecule has 0 spiro atoms. The van der Waals surface area contributed by atoms with Crippen LogP contribution in [0.25, 0.3) is 67.1 Å². The van der Waals surface area contributed by atoms with E-state index in [0.717, 1.165) is 44.1 Å². The minimum absolute atomic E-state index is 0.538. The Labute approximate surface area is 229 Å². The average molecular weight is 516 g/mol. The molecule has 8 rings (SSSR count). The number of aromatic nitrogens is 7. The SMILES string of the molecule is c1ccc(-n2ccc3cc4c5ccccc5n(-c5nc(-c6cccnc6)nc(-c6cccnc6)n5)c4cc32)cc1. The number of benzene rings is 3. The third-order valence-corrected chi connectivity index (χ3v) is 7.18. The third kappa shape index (κ3) is 3.56. The second-order valence-electron chi connectivity index (χ2n) is 9.57. The Morgan fingerprint density at radius 1 is 0.525 bits per heavy atom. The quantitative estimate of drug-likeness (QED) is 0.251. The fraction of sp³-hybridized carbons (Fsp3) is 0. The minimum atomic E-state index is 0.538. The van der Waals surface area contributed by atoms with E-state index in [1.54, 1.807) is 24.8 Å². The molecule has 0 aliphatic carbocycles. The molecule has 188 valence electrons. The molecular formula is C33H21N7.